The molecule has 0 aliphatic carbocycles. The number of anilines is 1. The van der Waals surface area contributed by atoms with Crippen LogP contribution in [0.15, 0.2) is 42.9 Å². The number of aromatic nitrogens is 3. The van der Waals surface area contributed by atoms with Crippen molar-refractivity contribution in [2.24, 2.45) is 0 Å². The van der Waals surface area contributed by atoms with Crippen LogP contribution in [0.5, 0.6) is 0 Å². The number of nitrogens with zero attached hydrogens (tertiary/aromatic N) is 5. The van der Waals surface area contributed by atoms with Crippen LogP contribution in [-0.2, 0) is 4.79 Å². The molecule has 0 radical (unpaired) electrons. The summed E-state index contributed by atoms with van der Waals surface area (Å²) in [4.78, 5) is 29.1. The van der Waals surface area contributed by atoms with Gasteiger partial charge in [0.1, 0.15) is 5.82 Å². The van der Waals surface area contributed by atoms with E-state index >= 15 is 0 Å². The molecule has 4 rings (SSSR count). The molecule has 0 saturated carbocycles. The third-order valence-electron chi connectivity index (χ3n) is 4.86. The third kappa shape index (κ3) is 4.29. The highest BCUT2D eigenvalue weighted by Gasteiger charge is 2.17. The number of piperazine rings is 1. The summed E-state index contributed by atoms with van der Waals surface area (Å²) >= 11 is 0. The number of hydrogen-bond donors (Lipinski definition) is 1. The van der Waals surface area contributed by atoms with E-state index in [1.807, 2.05) is 6.07 Å². The summed E-state index contributed by atoms with van der Waals surface area (Å²) in [6.07, 6.45) is 4.80. The van der Waals surface area contributed by atoms with Crippen molar-refractivity contribution in [3.8, 4) is 11.1 Å². The molecule has 0 aromatic carbocycles. The second-order valence-electron chi connectivity index (χ2n) is 6.98. The van der Waals surface area contributed by atoms with E-state index < -0.39 is 5.95 Å². The van der Waals surface area contributed by atoms with E-state index in [0.29, 0.717) is 12.4 Å². The van der Waals surface area contributed by atoms with Crippen molar-refractivity contribution in [3.63, 3.8) is 0 Å². The third-order valence-corrected chi connectivity index (χ3v) is 4.86. The highest BCUT2D eigenvalue weighted by Crippen LogP contribution is 2.23. The molecule has 0 unspecified atom stereocenters. The Kier molecular flexibility index (Phi) is 5.23. The molecule has 3 aromatic rings. The fourth-order valence-electron chi connectivity index (χ4n) is 3.20. The lowest BCUT2D eigenvalue weighted by atomic mass is 10.1. The highest BCUT2D eigenvalue weighted by molar-refractivity contribution is 5.93. The van der Waals surface area contributed by atoms with Gasteiger partial charge in [-0.3, -0.25) is 14.7 Å². The van der Waals surface area contributed by atoms with E-state index in [9.17, 15) is 9.18 Å². The van der Waals surface area contributed by atoms with Gasteiger partial charge in [-0.15, -0.1) is 0 Å². The fourth-order valence-corrected chi connectivity index (χ4v) is 3.20. The van der Waals surface area contributed by atoms with E-state index in [4.69, 9.17) is 0 Å². The van der Waals surface area contributed by atoms with Crippen LogP contribution in [0.2, 0.25) is 0 Å². The molecule has 1 saturated heterocycles. The zero-order valence-corrected chi connectivity index (χ0v) is 15.6. The highest BCUT2D eigenvalue weighted by atomic mass is 19.1. The van der Waals surface area contributed by atoms with Crippen molar-refractivity contribution in [1.29, 1.82) is 0 Å². The van der Waals surface area contributed by atoms with E-state index in [0.717, 1.165) is 48.2 Å². The lowest BCUT2D eigenvalue weighted by molar-refractivity contribution is -0.117. The van der Waals surface area contributed by atoms with Crippen LogP contribution in [0.1, 0.15) is 0 Å². The van der Waals surface area contributed by atoms with E-state index in [-0.39, 0.29) is 5.91 Å². The van der Waals surface area contributed by atoms with Crippen molar-refractivity contribution in [2.45, 2.75) is 0 Å². The molecule has 1 amide bonds. The number of halogens is 1. The molecule has 0 bridgehead atoms. The van der Waals surface area contributed by atoms with Crippen LogP contribution in [0.4, 0.5) is 10.2 Å². The van der Waals surface area contributed by atoms with Crippen LogP contribution in [-0.4, -0.2) is 70.4 Å². The summed E-state index contributed by atoms with van der Waals surface area (Å²) in [5, 5.41) is 3.70. The van der Waals surface area contributed by atoms with E-state index in [1.54, 1.807) is 24.5 Å². The van der Waals surface area contributed by atoms with Crippen LogP contribution in [0.3, 0.4) is 0 Å². The van der Waals surface area contributed by atoms with Gasteiger partial charge in [-0.05, 0) is 31.3 Å². The van der Waals surface area contributed by atoms with Crippen LogP contribution in [0.25, 0.3) is 22.0 Å². The number of carbonyl (C=O) groups excluding carboxylic acids is 1. The van der Waals surface area contributed by atoms with Crippen molar-refractivity contribution in [3.05, 3.63) is 48.8 Å². The Bertz CT molecular complexity index is 986. The molecule has 28 heavy (non-hydrogen) atoms. The number of rotatable bonds is 4. The van der Waals surface area contributed by atoms with E-state index in [2.05, 4.69) is 37.1 Å². The zero-order chi connectivity index (χ0) is 19.5. The average Bonchev–Trinajstić information content (AvgIpc) is 2.70. The number of hydrogen-bond acceptors (Lipinski definition) is 6. The number of nitrogens with one attached hydrogen (secondary N) is 1. The standard InChI is InChI=1S/C20H21FN6O/c1-26-4-6-27(7-5-26)13-20(28)25-19-9-15-8-16(11-22-17(15)12-24-19)14-2-3-18(21)23-10-14/h2-3,8-12H,4-7,13H2,1H3,(H,24,25,28). The number of amides is 1. The second-order valence-corrected chi connectivity index (χ2v) is 6.98. The first kappa shape index (κ1) is 18.4. The predicted octanol–water partition coefficient (Wildman–Crippen LogP) is 2.02. The first-order chi connectivity index (χ1) is 13.6. The molecular formula is C20H21FN6O. The molecule has 0 atom stereocenters. The van der Waals surface area contributed by atoms with Gasteiger partial charge >= 0.3 is 0 Å². The quantitative estimate of drug-likeness (QED) is 0.698. The molecule has 1 aliphatic heterocycles. The first-order valence-corrected chi connectivity index (χ1v) is 9.15. The Labute approximate surface area is 162 Å². The van der Waals surface area contributed by atoms with Gasteiger partial charge in [-0.2, -0.15) is 4.39 Å². The maximum atomic E-state index is 13.0. The molecule has 1 aliphatic rings. The monoisotopic (exact) mass is 380 g/mol. The summed E-state index contributed by atoms with van der Waals surface area (Å²) in [6.45, 7) is 4.05. The molecule has 4 heterocycles. The van der Waals surface area contributed by atoms with E-state index in [1.165, 1.54) is 12.3 Å². The fraction of sp³-hybridized carbons (Fsp3) is 0.300. The molecule has 7 nitrogen and oxygen atoms in total. The van der Waals surface area contributed by atoms with Crippen molar-refractivity contribution in [1.82, 2.24) is 24.8 Å². The van der Waals surface area contributed by atoms with Gasteiger partial charge in [0.15, 0.2) is 0 Å². The Balaban J connectivity index is 1.48. The number of pyridine rings is 3. The second kappa shape index (κ2) is 7.95. The van der Waals surface area contributed by atoms with Crippen molar-refractivity contribution < 1.29 is 9.18 Å². The molecule has 3 aromatic heterocycles. The van der Waals surface area contributed by atoms with Gasteiger partial charge in [-0.1, -0.05) is 0 Å². The lowest BCUT2D eigenvalue weighted by Crippen LogP contribution is -2.47. The van der Waals surface area contributed by atoms with Gasteiger partial charge in [0.25, 0.3) is 0 Å². The largest absolute Gasteiger partial charge is 0.310 e. The maximum Gasteiger partial charge on any atom is 0.239 e. The Morgan fingerprint density at radius 2 is 1.82 bits per heavy atom. The first-order valence-electron chi connectivity index (χ1n) is 9.15. The topological polar surface area (TPSA) is 74.2 Å². The van der Waals surface area contributed by atoms with Gasteiger partial charge in [0, 0.05) is 55.1 Å². The molecule has 0 spiro atoms. The van der Waals surface area contributed by atoms with Crippen LogP contribution < -0.4 is 5.32 Å². The summed E-state index contributed by atoms with van der Waals surface area (Å²) in [6, 6.07) is 6.70. The average molecular weight is 380 g/mol. The number of likely N-dealkylation sites (N-methyl/N-ethyl adjacent to an activating group) is 1. The molecule has 1 N–H and O–H groups in total. The molecule has 1 fully saturated rings. The Morgan fingerprint density at radius 3 is 2.57 bits per heavy atom. The van der Waals surface area contributed by atoms with Crippen molar-refractivity contribution >= 4 is 22.6 Å². The lowest BCUT2D eigenvalue weighted by Gasteiger charge is -2.31. The Morgan fingerprint density at radius 1 is 1.04 bits per heavy atom. The van der Waals surface area contributed by atoms with Gasteiger partial charge in [0.05, 0.1) is 18.3 Å². The smallest absolute Gasteiger partial charge is 0.239 e. The predicted molar refractivity (Wildman–Crippen MR) is 105 cm³/mol. The van der Waals surface area contributed by atoms with Crippen molar-refractivity contribution in [2.75, 3.05) is 45.1 Å². The summed E-state index contributed by atoms with van der Waals surface area (Å²) in [7, 11) is 2.08. The minimum absolute atomic E-state index is 0.0803. The molecular weight excluding hydrogens is 359 g/mol. The SMILES string of the molecule is CN1CCN(CC(=O)Nc2cc3cc(-c4ccc(F)nc4)cnc3cn2)CC1. The molecule has 144 valence electrons. The minimum Gasteiger partial charge on any atom is -0.310 e. The normalized spacial score (nSPS) is 15.6. The molecule has 8 heteroatoms. The van der Waals surface area contributed by atoms with Crippen LogP contribution in [0, 0.1) is 5.95 Å². The summed E-state index contributed by atoms with van der Waals surface area (Å²) in [5.74, 6) is -0.113. The number of fused-ring (bicyclic) bond motifs is 1. The van der Waals surface area contributed by atoms with Gasteiger partial charge in [0.2, 0.25) is 11.9 Å². The zero-order valence-electron chi connectivity index (χ0n) is 15.6. The summed E-state index contributed by atoms with van der Waals surface area (Å²) in [5.41, 5.74) is 2.31. The number of carbonyl (C=O) groups is 1. The van der Waals surface area contributed by atoms with Gasteiger partial charge in [-0.25, -0.2) is 9.97 Å². The van der Waals surface area contributed by atoms with Gasteiger partial charge < -0.3 is 10.2 Å². The van der Waals surface area contributed by atoms with Crippen LogP contribution >= 0.6 is 0 Å². The Hall–Kier alpha value is -2.97. The maximum absolute atomic E-state index is 13.0. The minimum atomic E-state index is -0.521. The summed E-state index contributed by atoms with van der Waals surface area (Å²) < 4.78 is 13.0.